The second-order valence-electron chi connectivity index (χ2n) is 4.18. The molecule has 0 aliphatic rings. The van der Waals surface area contributed by atoms with E-state index < -0.39 is 5.91 Å². The molecule has 0 saturated carbocycles. The van der Waals surface area contributed by atoms with Crippen molar-refractivity contribution in [3.05, 3.63) is 47.5 Å². The van der Waals surface area contributed by atoms with Crippen molar-refractivity contribution < 1.29 is 20.1 Å². The van der Waals surface area contributed by atoms with Crippen molar-refractivity contribution >= 4 is 11.6 Å². The first-order valence-corrected chi connectivity index (χ1v) is 5.60. The zero-order valence-corrected chi connectivity index (χ0v) is 10.2. The van der Waals surface area contributed by atoms with Crippen molar-refractivity contribution in [3.8, 4) is 17.2 Å². The standard InChI is InChI=1S/C14H13NO4/c1-8-2-4-11(16)10(6-8)15-14(19)9-3-5-12(17)13(18)7-9/h2-7,16-18H,1H3,(H,15,19). The van der Waals surface area contributed by atoms with Crippen molar-refractivity contribution in [2.45, 2.75) is 6.92 Å². The van der Waals surface area contributed by atoms with Gasteiger partial charge < -0.3 is 20.6 Å². The molecule has 98 valence electrons. The van der Waals surface area contributed by atoms with Crippen molar-refractivity contribution in [1.82, 2.24) is 0 Å². The SMILES string of the molecule is Cc1ccc(O)c(NC(=O)c2ccc(O)c(O)c2)c1. The minimum atomic E-state index is -0.490. The number of aromatic hydroxyl groups is 3. The van der Waals surface area contributed by atoms with Crippen LogP contribution in [-0.4, -0.2) is 21.2 Å². The summed E-state index contributed by atoms with van der Waals surface area (Å²) in [6.45, 7) is 1.83. The van der Waals surface area contributed by atoms with Crippen LogP contribution < -0.4 is 5.32 Å². The lowest BCUT2D eigenvalue weighted by Crippen LogP contribution is -2.11. The molecule has 2 aromatic rings. The van der Waals surface area contributed by atoms with E-state index in [2.05, 4.69) is 5.32 Å². The highest BCUT2D eigenvalue weighted by atomic mass is 16.3. The van der Waals surface area contributed by atoms with E-state index in [1.807, 2.05) is 6.92 Å². The predicted octanol–water partition coefficient (Wildman–Crippen LogP) is 2.36. The van der Waals surface area contributed by atoms with Crippen molar-refractivity contribution in [2.75, 3.05) is 5.32 Å². The molecular formula is C14H13NO4. The van der Waals surface area contributed by atoms with Crippen LogP contribution in [-0.2, 0) is 0 Å². The predicted molar refractivity (Wildman–Crippen MR) is 70.6 cm³/mol. The zero-order valence-electron chi connectivity index (χ0n) is 10.2. The summed E-state index contributed by atoms with van der Waals surface area (Å²) in [7, 11) is 0. The Morgan fingerprint density at radius 1 is 0.947 bits per heavy atom. The van der Waals surface area contributed by atoms with E-state index in [4.69, 9.17) is 0 Å². The zero-order chi connectivity index (χ0) is 14.0. The second kappa shape index (κ2) is 4.89. The van der Waals surface area contributed by atoms with Crippen LogP contribution in [0.2, 0.25) is 0 Å². The van der Waals surface area contributed by atoms with Crippen LogP contribution in [0.3, 0.4) is 0 Å². The molecule has 0 aliphatic carbocycles. The highest BCUT2D eigenvalue weighted by Crippen LogP contribution is 2.27. The highest BCUT2D eigenvalue weighted by Gasteiger charge is 2.11. The number of hydrogen-bond donors (Lipinski definition) is 4. The Morgan fingerprint density at radius 3 is 2.32 bits per heavy atom. The normalized spacial score (nSPS) is 10.2. The third-order valence-corrected chi connectivity index (χ3v) is 2.64. The summed E-state index contributed by atoms with van der Waals surface area (Å²) in [6.07, 6.45) is 0. The fourth-order valence-electron chi connectivity index (χ4n) is 1.61. The molecule has 0 aromatic heterocycles. The summed E-state index contributed by atoms with van der Waals surface area (Å²) in [4.78, 5) is 11.9. The van der Waals surface area contributed by atoms with Gasteiger partial charge in [0.1, 0.15) is 5.75 Å². The minimum absolute atomic E-state index is 0.0399. The van der Waals surface area contributed by atoms with Gasteiger partial charge in [0.15, 0.2) is 11.5 Å². The molecule has 0 aliphatic heterocycles. The molecule has 0 spiro atoms. The van der Waals surface area contributed by atoms with Gasteiger partial charge in [-0.3, -0.25) is 4.79 Å². The maximum Gasteiger partial charge on any atom is 0.255 e. The molecule has 0 saturated heterocycles. The van der Waals surface area contributed by atoms with E-state index >= 15 is 0 Å². The van der Waals surface area contributed by atoms with Crippen molar-refractivity contribution in [3.63, 3.8) is 0 Å². The topological polar surface area (TPSA) is 89.8 Å². The van der Waals surface area contributed by atoms with Crippen LogP contribution in [0.15, 0.2) is 36.4 Å². The van der Waals surface area contributed by atoms with Gasteiger partial charge in [-0.05, 0) is 42.8 Å². The van der Waals surface area contributed by atoms with Crippen molar-refractivity contribution in [2.24, 2.45) is 0 Å². The molecule has 4 N–H and O–H groups in total. The molecule has 2 aromatic carbocycles. The average molecular weight is 259 g/mol. The summed E-state index contributed by atoms with van der Waals surface area (Å²) in [5.74, 6) is -1.20. The number of phenolic OH excluding ortho intramolecular Hbond substituents is 3. The third-order valence-electron chi connectivity index (χ3n) is 2.64. The van der Waals surface area contributed by atoms with Crippen LogP contribution in [0.5, 0.6) is 17.2 Å². The van der Waals surface area contributed by atoms with Crippen LogP contribution in [0, 0.1) is 6.92 Å². The van der Waals surface area contributed by atoms with Crippen LogP contribution in [0.25, 0.3) is 0 Å². The van der Waals surface area contributed by atoms with Gasteiger partial charge in [-0.1, -0.05) is 6.07 Å². The number of phenols is 3. The Bertz CT molecular complexity index is 637. The van der Waals surface area contributed by atoms with E-state index in [1.165, 1.54) is 18.2 Å². The van der Waals surface area contributed by atoms with Crippen LogP contribution >= 0.6 is 0 Å². The first-order valence-electron chi connectivity index (χ1n) is 5.60. The Morgan fingerprint density at radius 2 is 1.63 bits per heavy atom. The quantitative estimate of drug-likeness (QED) is 0.623. The maximum absolute atomic E-state index is 11.9. The molecule has 2 rings (SSSR count). The number of aryl methyl sites for hydroxylation is 1. The van der Waals surface area contributed by atoms with Gasteiger partial charge in [0.25, 0.3) is 5.91 Å². The summed E-state index contributed by atoms with van der Waals surface area (Å²) in [5.41, 5.74) is 1.36. The number of rotatable bonds is 2. The molecule has 5 heteroatoms. The van der Waals surface area contributed by atoms with Gasteiger partial charge in [-0.25, -0.2) is 0 Å². The second-order valence-corrected chi connectivity index (χ2v) is 4.18. The summed E-state index contributed by atoms with van der Waals surface area (Å²) >= 11 is 0. The Hall–Kier alpha value is -2.69. The molecule has 5 nitrogen and oxygen atoms in total. The van der Waals surface area contributed by atoms with Crippen LogP contribution in [0.1, 0.15) is 15.9 Å². The van der Waals surface area contributed by atoms with Gasteiger partial charge in [0, 0.05) is 5.56 Å². The fraction of sp³-hybridized carbons (Fsp3) is 0.0714. The first-order chi connectivity index (χ1) is 8.97. The van der Waals surface area contributed by atoms with Gasteiger partial charge >= 0.3 is 0 Å². The van der Waals surface area contributed by atoms with Gasteiger partial charge in [0.2, 0.25) is 0 Å². The Kier molecular flexibility index (Phi) is 3.29. The summed E-state index contributed by atoms with van der Waals surface area (Å²) in [5, 5.41) is 30.7. The number of anilines is 1. The molecule has 0 atom stereocenters. The number of benzene rings is 2. The number of nitrogens with one attached hydrogen (secondary N) is 1. The molecule has 19 heavy (non-hydrogen) atoms. The van der Waals surface area contributed by atoms with Crippen molar-refractivity contribution in [1.29, 1.82) is 0 Å². The fourth-order valence-corrected chi connectivity index (χ4v) is 1.61. The van der Waals surface area contributed by atoms with Gasteiger partial charge in [-0.2, -0.15) is 0 Å². The summed E-state index contributed by atoms with van der Waals surface area (Å²) < 4.78 is 0. The summed E-state index contributed by atoms with van der Waals surface area (Å²) in [6, 6.07) is 8.58. The van der Waals surface area contributed by atoms with E-state index in [-0.39, 0.29) is 28.5 Å². The molecule has 1 amide bonds. The van der Waals surface area contributed by atoms with E-state index in [1.54, 1.807) is 12.1 Å². The maximum atomic E-state index is 11.9. The molecule has 0 unspecified atom stereocenters. The molecule has 0 heterocycles. The lowest BCUT2D eigenvalue weighted by atomic mass is 10.1. The lowest BCUT2D eigenvalue weighted by Gasteiger charge is -2.08. The largest absolute Gasteiger partial charge is 0.506 e. The highest BCUT2D eigenvalue weighted by molar-refractivity contribution is 6.05. The number of hydrogen-bond acceptors (Lipinski definition) is 4. The average Bonchev–Trinajstić information content (AvgIpc) is 2.37. The monoisotopic (exact) mass is 259 g/mol. The van der Waals surface area contributed by atoms with E-state index in [0.29, 0.717) is 0 Å². The first kappa shape index (κ1) is 12.8. The third kappa shape index (κ3) is 2.77. The van der Waals surface area contributed by atoms with Gasteiger partial charge in [-0.15, -0.1) is 0 Å². The smallest absolute Gasteiger partial charge is 0.255 e. The molecule has 0 radical (unpaired) electrons. The molecule has 0 fully saturated rings. The number of carbonyl (C=O) groups excluding carboxylic acids is 1. The molecule has 0 bridgehead atoms. The minimum Gasteiger partial charge on any atom is -0.506 e. The number of amides is 1. The van der Waals surface area contributed by atoms with E-state index in [0.717, 1.165) is 11.6 Å². The van der Waals surface area contributed by atoms with Crippen LogP contribution in [0.4, 0.5) is 5.69 Å². The van der Waals surface area contributed by atoms with Gasteiger partial charge in [0.05, 0.1) is 5.69 Å². The number of carbonyl (C=O) groups is 1. The van der Waals surface area contributed by atoms with E-state index in [9.17, 15) is 20.1 Å². The Labute approximate surface area is 109 Å². The lowest BCUT2D eigenvalue weighted by molar-refractivity contribution is 0.102. The Balaban J connectivity index is 2.25. The molecular weight excluding hydrogens is 246 g/mol.